The van der Waals surface area contributed by atoms with E-state index in [9.17, 15) is 14.4 Å². The van der Waals surface area contributed by atoms with Crippen LogP contribution in [-0.4, -0.2) is 42.8 Å². The van der Waals surface area contributed by atoms with Gasteiger partial charge in [-0.15, -0.1) is 0 Å². The fourth-order valence-electron chi connectivity index (χ4n) is 1.91. The van der Waals surface area contributed by atoms with Crippen molar-refractivity contribution >= 4 is 35.0 Å². The Bertz CT molecular complexity index is 668. The Kier molecular flexibility index (Phi) is 4.87. The van der Waals surface area contributed by atoms with Gasteiger partial charge in [0.25, 0.3) is 11.1 Å². The predicted octanol–water partition coefficient (Wildman–Crippen LogP) is 2.21. The van der Waals surface area contributed by atoms with Crippen LogP contribution in [0.4, 0.5) is 4.79 Å². The van der Waals surface area contributed by atoms with Crippen molar-refractivity contribution in [3.8, 4) is 5.75 Å². The van der Waals surface area contributed by atoms with Gasteiger partial charge < -0.3 is 9.47 Å². The quantitative estimate of drug-likeness (QED) is 0.625. The lowest BCUT2D eigenvalue weighted by Gasteiger charge is -2.09. The second kappa shape index (κ2) is 6.65. The number of ether oxygens (including phenoxy) is 2. The van der Waals surface area contributed by atoms with Gasteiger partial charge in [0.15, 0.2) is 0 Å². The zero-order chi connectivity index (χ0) is 16.3. The van der Waals surface area contributed by atoms with Crippen LogP contribution in [0.15, 0.2) is 23.1 Å². The van der Waals surface area contributed by atoms with E-state index in [1.54, 1.807) is 19.3 Å². The number of carbonyl (C=O) groups is 3. The molecule has 1 saturated heterocycles. The van der Waals surface area contributed by atoms with Crippen LogP contribution in [0.2, 0.25) is 0 Å². The van der Waals surface area contributed by atoms with E-state index in [-0.39, 0.29) is 11.4 Å². The molecular formula is C15H15NO5S. The van der Waals surface area contributed by atoms with Crippen molar-refractivity contribution in [2.24, 2.45) is 0 Å². The average molecular weight is 321 g/mol. The van der Waals surface area contributed by atoms with Crippen molar-refractivity contribution < 1.29 is 23.9 Å². The van der Waals surface area contributed by atoms with Gasteiger partial charge in [0.05, 0.1) is 19.1 Å². The average Bonchev–Trinajstić information content (AvgIpc) is 2.76. The lowest BCUT2D eigenvalue weighted by molar-refractivity contribution is -0.143. The summed E-state index contributed by atoms with van der Waals surface area (Å²) in [4.78, 5) is 36.3. The minimum atomic E-state index is -0.638. The van der Waals surface area contributed by atoms with Crippen LogP contribution >= 0.6 is 11.8 Å². The van der Waals surface area contributed by atoms with Crippen molar-refractivity contribution in [1.82, 2.24) is 4.90 Å². The van der Waals surface area contributed by atoms with Crippen LogP contribution in [0.3, 0.4) is 0 Å². The highest BCUT2D eigenvalue weighted by molar-refractivity contribution is 8.18. The van der Waals surface area contributed by atoms with Crippen LogP contribution in [0.25, 0.3) is 6.08 Å². The molecule has 0 spiro atoms. The normalized spacial score (nSPS) is 16.3. The van der Waals surface area contributed by atoms with Crippen LogP contribution in [0, 0.1) is 6.92 Å². The Balaban J connectivity index is 2.24. The molecule has 1 aromatic rings. The van der Waals surface area contributed by atoms with Crippen LogP contribution in [-0.2, 0) is 14.3 Å². The number of hydrogen-bond donors (Lipinski definition) is 0. The molecule has 6 nitrogen and oxygen atoms in total. The zero-order valence-electron chi connectivity index (χ0n) is 12.4. The number of carbonyl (C=O) groups excluding carboxylic acids is 3. The van der Waals surface area contributed by atoms with E-state index in [2.05, 4.69) is 4.74 Å². The van der Waals surface area contributed by atoms with Gasteiger partial charge in [-0.05, 0) is 42.0 Å². The number of aryl methyl sites for hydroxylation is 1. The Morgan fingerprint density at radius 3 is 2.68 bits per heavy atom. The van der Waals surface area contributed by atoms with Crippen molar-refractivity contribution in [2.75, 3.05) is 20.8 Å². The Hall–Kier alpha value is -2.28. The van der Waals surface area contributed by atoms with E-state index in [1.165, 1.54) is 7.11 Å². The summed E-state index contributed by atoms with van der Waals surface area (Å²) in [7, 11) is 2.77. The molecule has 0 radical (unpaired) electrons. The molecule has 1 aromatic carbocycles. The summed E-state index contributed by atoms with van der Waals surface area (Å²) in [5.74, 6) is -0.442. The molecule has 0 bridgehead atoms. The summed E-state index contributed by atoms with van der Waals surface area (Å²) in [6.45, 7) is 1.53. The van der Waals surface area contributed by atoms with Gasteiger partial charge >= 0.3 is 5.97 Å². The van der Waals surface area contributed by atoms with E-state index in [1.807, 2.05) is 19.1 Å². The molecule has 0 aromatic heterocycles. The minimum Gasteiger partial charge on any atom is -0.496 e. The predicted molar refractivity (Wildman–Crippen MR) is 82.4 cm³/mol. The first-order valence-corrected chi connectivity index (χ1v) is 7.24. The fourth-order valence-corrected chi connectivity index (χ4v) is 2.75. The van der Waals surface area contributed by atoms with E-state index < -0.39 is 17.1 Å². The van der Waals surface area contributed by atoms with Gasteiger partial charge in [-0.1, -0.05) is 12.1 Å². The minimum absolute atomic E-state index is 0.264. The second-order valence-corrected chi connectivity index (χ2v) is 5.57. The Labute approximate surface area is 132 Å². The summed E-state index contributed by atoms with van der Waals surface area (Å²) in [5.41, 5.74) is 1.71. The van der Waals surface area contributed by atoms with Crippen molar-refractivity contribution in [1.29, 1.82) is 0 Å². The fraction of sp³-hybridized carbons (Fsp3) is 0.267. The second-order valence-electron chi connectivity index (χ2n) is 4.57. The standard InChI is InChI=1S/C15H15NO5S/c1-9-4-5-10(6-11(9)20-2)7-12-14(18)16(15(19)22-12)8-13(17)21-3/h4-7H,8H2,1-3H3/b12-7+. The first-order valence-electron chi connectivity index (χ1n) is 6.43. The van der Waals surface area contributed by atoms with E-state index >= 15 is 0 Å². The smallest absolute Gasteiger partial charge is 0.325 e. The lowest BCUT2D eigenvalue weighted by atomic mass is 10.1. The van der Waals surface area contributed by atoms with Gasteiger partial charge in [-0.3, -0.25) is 19.3 Å². The third-order valence-corrected chi connectivity index (χ3v) is 4.03. The molecule has 22 heavy (non-hydrogen) atoms. The molecule has 116 valence electrons. The first kappa shape index (κ1) is 16.1. The summed E-state index contributed by atoms with van der Waals surface area (Å²) >= 11 is 0.797. The number of methoxy groups -OCH3 is 2. The van der Waals surface area contributed by atoms with Crippen molar-refractivity contribution in [2.45, 2.75) is 6.92 Å². The monoisotopic (exact) mass is 321 g/mol. The van der Waals surface area contributed by atoms with Gasteiger partial charge in [0.2, 0.25) is 0 Å². The highest BCUT2D eigenvalue weighted by Gasteiger charge is 2.36. The van der Waals surface area contributed by atoms with Gasteiger partial charge in [-0.25, -0.2) is 0 Å². The molecule has 2 rings (SSSR count). The highest BCUT2D eigenvalue weighted by atomic mass is 32.2. The maximum Gasteiger partial charge on any atom is 0.325 e. The zero-order valence-corrected chi connectivity index (χ0v) is 13.2. The number of rotatable bonds is 4. The van der Waals surface area contributed by atoms with Gasteiger partial charge in [-0.2, -0.15) is 0 Å². The molecule has 0 atom stereocenters. The van der Waals surface area contributed by atoms with Gasteiger partial charge in [0, 0.05) is 0 Å². The summed E-state index contributed by atoms with van der Waals surface area (Å²) in [6.07, 6.45) is 1.60. The molecular weight excluding hydrogens is 306 g/mol. The largest absolute Gasteiger partial charge is 0.496 e. The number of esters is 1. The van der Waals surface area contributed by atoms with Crippen molar-refractivity contribution in [3.63, 3.8) is 0 Å². The van der Waals surface area contributed by atoms with E-state index in [4.69, 9.17) is 4.74 Å². The number of amides is 2. The molecule has 1 fully saturated rings. The summed E-state index contributed by atoms with van der Waals surface area (Å²) < 4.78 is 9.70. The molecule has 1 aliphatic heterocycles. The maximum atomic E-state index is 12.2. The number of benzene rings is 1. The number of nitrogens with zero attached hydrogens (tertiary/aromatic N) is 1. The van der Waals surface area contributed by atoms with E-state index in [0.717, 1.165) is 27.8 Å². The molecule has 0 aliphatic carbocycles. The highest BCUT2D eigenvalue weighted by Crippen LogP contribution is 2.32. The number of thioether (sulfide) groups is 1. The van der Waals surface area contributed by atoms with Gasteiger partial charge in [0.1, 0.15) is 12.3 Å². The third kappa shape index (κ3) is 3.30. The Morgan fingerprint density at radius 1 is 1.32 bits per heavy atom. The van der Waals surface area contributed by atoms with Crippen molar-refractivity contribution in [3.05, 3.63) is 34.2 Å². The molecule has 2 amide bonds. The topological polar surface area (TPSA) is 72.9 Å². The first-order chi connectivity index (χ1) is 10.5. The molecule has 7 heteroatoms. The van der Waals surface area contributed by atoms with Crippen LogP contribution < -0.4 is 4.74 Å². The summed E-state index contributed by atoms with van der Waals surface area (Å²) in [5, 5.41) is -0.485. The molecule has 1 heterocycles. The van der Waals surface area contributed by atoms with Crippen LogP contribution in [0.1, 0.15) is 11.1 Å². The Morgan fingerprint density at radius 2 is 2.05 bits per heavy atom. The van der Waals surface area contributed by atoms with E-state index in [0.29, 0.717) is 5.75 Å². The number of hydrogen-bond acceptors (Lipinski definition) is 6. The molecule has 0 saturated carbocycles. The summed E-state index contributed by atoms with van der Waals surface area (Å²) in [6, 6.07) is 5.47. The van der Waals surface area contributed by atoms with Crippen LogP contribution in [0.5, 0.6) is 5.75 Å². The lowest BCUT2D eigenvalue weighted by Crippen LogP contribution is -2.34. The third-order valence-electron chi connectivity index (χ3n) is 3.12. The number of imide groups is 1. The molecule has 0 unspecified atom stereocenters. The molecule has 1 aliphatic rings. The maximum absolute atomic E-state index is 12.2. The SMILES string of the molecule is COC(=O)CN1C(=O)S/C(=C/c2ccc(C)c(OC)c2)C1=O. The molecule has 0 N–H and O–H groups in total.